The Kier molecular flexibility index (Phi) is 11.2. The average Bonchev–Trinajstić information content (AvgIpc) is 2.98. The van der Waals surface area contributed by atoms with E-state index in [4.69, 9.17) is 23.2 Å². The zero-order valence-corrected chi connectivity index (χ0v) is 29.0. The number of carbonyl (C=O) groups excluding carboxylic acids is 2. The predicted molar refractivity (Wildman–Crippen MR) is 186 cm³/mol. The summed E-state index contributed by atoms with van der Waals surface area (Å²) in [5, 5.41) is 4.00. The molecule has 4 aromatic rings. The molecule has 0 spiro atoms. The Morgan fingerprint density at radius 3 is 2.00 bits per heavy atom. The Bertz CT molecular complexity index is 1770. The van der Waals surface area contributed by atoms with Gasteiger partial charge in [0.25, 0.3) is 10.0 Å². The minimum absolute atomic E-state index is 0.0378. The summed E-state index contributed by atoms with van der Waals surface area (Å²) < 4.78 is 29.6. The van der Waals surface area contributed by atoms with E-state index < -0.39 is 34.1 Å². The zero-order valence-electron chi connectivity index (χ0n) is 26.6. The maximum Gasteiger partial charge on any atom is 0.264 e. The molecule has 0 aromatic heterocycles. The maximum atomic E-state index is 14.6. The lowest BCUT2D eigenvalue weighted by Crippen LogP contribution is -2.56. The van der Waals surface area contributed by atoms with Gasteiger partial charge in [0.05, 0.1) is 10.6 Å². The predicted octanol–water partition coefficient (Wildman–Crippen LogP) is 7.36. The fourth-order valence-corrected chi connectivity index (χ4v) is 6.87. The normalized spacial score (nSPS) is 12.3. The first-order valence-corrected chi connectivity index (χ1v) is 17.1. The van der Waals surface area contributed by atoms with E-state index >= 15 is 0 Å². The van der Waals surface area contributed by atoms with Crippen LogP contribution < -0.4 is 9.62 Å². The monoisotopic (exact) mass is 679 g/mol. The van der Waals surface area contributed by atoms with E-state index in [0.717, 1.165) is 21.0 Å². The number of nitrogens with one attached hydrogen (secondary N) is 1. The summed E-state index contributed by atoms with van der Waals surface area (Å²) in [5.74, 6) is -0.903. The van der Waals surface area contributed by atoms with Crippen molar-refractivity contribution in [1.29, 1.82) is 0 Å². The van der Waals surface area contributed by atoms with Gasteiger partial charge < -0.3 is 10.2 Å². The molecule has 1 atom stereocenters. The summed E-state index contributed by atoms with van der Waals surface area (Å²) in [6, 6.07) is 26.8. The molecule has 0 aliphatic heterocycles. The molecule has 0 aliphatic carbocycles. The van der Waals surface area contributed by atoms with Gasteiger partial charge in [-0.15, -0.1) is 0 Å². The Balaban J connectivity index is 1.84. The molecule has 0 saturated carbocycles. The minimum Gasteiger partial charge on any atom is -0.350 e. The number of anilines is 1. The van der Waals surface area contributed by atoms with E-state index in [2.05, 4.69) is 5.32 Å². The van der Waals surface area contributed by atoms with Crippen LogP contribution in [0.15, 0.2) is 102 Å². The second-order valence-electron chi connectivity index (χ2n) is 12.3. The quantitative estimate of drug-likeness (QED) is 0.179. The Labute approximate surface area is 282 Å². The first-order chi connectivity index (χ1) is 21.6. The molecular weight excluding hydrogens is 641 g/mol. The highest BCUT2D eigenvalue weighted by atomic mass is 35.5. The van der Waals surface area contributed by atoms with Crippen molar-refractivity contribution in [1.82, 2.24) is 10.2 Å². The lowest BCUT2D eigenvalue weighted by molar-refractivity contribution is -0.140. The SMILES string of the molecule is Cc1ccc(S(=O)(=O)N(CC(=O)N(Cc2ccc(Cl)cc2)[C@@H](Cc2ccccc2)C(=O)NC(C)(C)C)c2ccc(Cl)cc2C)cc1. The van der Waals surface area contributed by atoms with Crippen molar-refractivity contribution < 1.29 is 18.0 Å². The summed E-state index contributed by atoms with van der Waals surface area (Å²) in [7, 11) is -4.22. The van der Waals surface area contributed by atoms with Crippen molar-refractivity contribution >= 4 is 50.7 Å². The third-order valence-electron chi connectivity index (χ3n) is 7.35. The molecule has 0 aliphatic rings. The molecule has 2 amide bonds. The van der Waals surface area contributed by atoms with Crippen LogP contribution in [0.25, 0.3) is 0 Å². The average molecular weight is 681 g/mol. The first kappa shape index (κ1) is 35.0. The number of hydrogen-bond donors (Lipinski definition) is 1. The highest BCUT2D eigenvalue weighted by Gasteiger charge is 2.36. The summed E-state index contributed by atoms with van der Waals surface area (Å²) in [5.41, 5.74) is 2.78. The van der Waals surface area contributed by atoms with Crippen LogP contribution in [0.2, 0.25) is 10.0 Å². The number of rotatable bonds is 11. The largest absolute Gasteiger partial charge is 0.350 e. The fraction of sp³-hybridized carbons (Fsp3) is 0.278. The van der Waals surface area contributed by atoms with E-state index in [-0.39, 0.29) is 23.8 Å². The highest BCUT2D eigenvalue weighted by molar-refractivity contribution is 7.92. The number of sulfonamides is 1. The fourth-order valence-electron chi connectivity index (χ4n) is 5.04. The van der Waals surface area contributed by atoms with Crippen molar-refractivity contribution in [3.63, 3.8) is 0 Å². The zero-order chi connectivity index (χ0) is 33.6. The first-order valence-electron chi connectivity index (χ1n) is 14.9. The molecule has 1 N–H and O–H groups in total. The van der Waals surface area contributed by atoms with E-state index in [1.807, 2.05) is 58.0 Å². The lowest BCUT2D eigenvalue weighted by atomic mass is 10.0. The van der Waals surface area contributed by atoms with Gasteiger partial charge in [0.15, 0.2) is 0 Å². The van der Waals surface area contributed by atoms with Crippen LogP contribution in [-0.4, -0.2) is 43.3 Å². The number of aryl methyl sites for hydroxylation is 2. The van der Waals surface area contributed by atoms with Gasteiger partial charge in [-0.1, -0.05) is 83.4 Å². The molecule has 0 saturated heterocycles. The number of nitrogens with zero attached hydrogens (tertiary/aromatic N) is 2. The Morgan fingerprint density at radius 1 is 0.804 bits per heavy atom. The molecule has 0 fully saturated rings. The molecule has 242 valence electrons. The summed E-state index contributed by atoms with van der Waals surface area (Å²) >= 11 is 12.4. The number of hydrogen-bond acceptors (Lipinski definition) is 4. The minimum atomic E-state index is -4.22. The van der Waals surface area contributed by atoms with Crippen LogP contribution in [-0.2, 0) is 32.6 Å². The van der Waals surface area contributed by atoms with Crippen LogP contribution in [0.4, 0.5) is 5.69 Å². The van der Waals surface area contributed by atoms with Gasteiger partial charge in [0.2, 0.25) is 11.8 Å². The van der Waals surface area contributed by atoms with Crippen LogP contribution in [0.1, 0.15) is 43.0 Å². The van der Waals surface area contributed by atoms with Crippen molar-refractivity contribution in [3.05, 3.63) is 129 Å². The number of halogens is 2. The molecular formula is C36H39Cl2N3O4S. The van der Waals surface area contributed by atoms with E-state index in [9.17, 15) is 18.0 Å². The second-order valence-corrected chi connectivity index (χ2v) is 15.1. The van der Waals surface area contributed by atoms with Gasteiger partial charge in [0, 0.05) is 28.5 Å². The molecule has 0 radical (unpaired) electrons. The smallest absolute Gasteiger partial charge is 0.264 e. The van der Waals surface area contributed by atoms with Crippen molar-refractivity contribution in [3.8, 4) is 0 Å². The van der Waals surface area contributed by atoms with E-state index in [1.54, 1.807) is 61.5 Å². The van der Waals surface area contributed by atoms with E-state index in [1.165, 1.54) is 17.0 Å². The van der Waals surface area contributed by atoms with Crippen LogP contribution in [0.5, 0.6) is 0 Å². The van der Waals surface area contributed by atoms with E-state index in [0.29, 0.717) is 21.3 Å². The summed E-state index contributed by atoms with van der Waals surface area (Å²) in [6.07, 6.45) is 0.215. The Morgan fingerprint density at radius 2 is 1.41 bits per heavy atom. The Hall–Kier alpha value is -3.85. The van der Waals surface area contributed by atoms with Gasteiger partial charge in [0.1, 0.15) is 12.6 Å². The molecule has 0 unspecified atom stereocenters. The van der Waals surface area contributed by atoms with Crippen LogP contribution in [0, 0.1) is 13.8 Å². The highest BCUT2D eigenvalue weighted by Crippen LogP contribution is 2.30. The standard InChI is InChI=1S/C36H39Cl2N3O4S/c1-25-11-18-31(19-12-25)46(44,45)41(32-20-17-30(38)21-26(32)2)24-34(42)40(23-28-13-15-29(37)16-14-28)33(35(43)39-36(3,4)5)22-27-9-7-6-8-10-27/h6-21,33H,22-24H2,1-5H3,(H,39,43)/t33-/m0/s1. The third-order valence-corrected chi connectivity index (χ3v) is 9.61. The van der Waals surface area contributed by atoms with Crippen molar-refractivity contribution in [2.45, 2.75) is 64.1 Å². The molecule has 10 heteroatoms. The number of amides is 2. The van der Waals surface area contributed by atoms with Crippen molar-refractivity contribution in [2.24, 2.45) is 0 Å². The van der Waals surface area contributed by atoms with Crippen LogP contribution in [0.3, 0.4) is 0 Å². The lowest BCUT2D eigenvalue weighted by Gasteiger charge is -2.35. The molecule has 4 aromatic carbocycles. The molecule has 7 nitrogen and oxygen atoms in total. The van der Waals surface area contributed by atoms with Gasteiger partial charge in [-0.25, -0.2) is 8.42 Å². The molecule has 0 heterocycles. The van der Waals surface area contributed by atoms with Gasteiger partial charge in [-0.05, 0) is 93.8 Å². The van der Waals surface area contributed by atoms with Gasteiger partial charge >= 0.3 is 0 Å². The topological polar surface area (TPSA) is 86.8 Å². The van der Waals surface area contributed by atoms with Crippen molar-refractivity contribution in [2.75, 3.05) is 10.8 Å². The molecule has 4 rings (SSSR count). The third kappa shape index (κ3) is 9.12. The summed E-state index contributed by atoms with van der Waals surface area (Å²) in [6.45, 7) is 8.71. The maximum absolute atomic E-state index is 14.6. The number of carbonyl (C=O) groups is 2. The summed E-state index contributed by atoms with van der Waals surface area (Å²) in [4.78, 5) is 30.1. The van der Waals surface area contributed by atoms with Gasteiger partial charge in [-0.3, -0.25) is 13.9 Å². The van der Waals surface area contributed by atoms with Crippen LogP contribution >= 0.6 is 23.2 Å². The number of benzene rings is 4. The molecule has 0 bridgehead atoms. The van der Waals surface area contributed by atoms with Gasteiger partial charge in [-0.2, -0.15) is 0 Å². The molecule has 46 heavy (non-hydrogen) atoms. The second kappa shape index (κ2) is 14.7.